The normalized spacial score (nSPS) is 21.2. The molecule has 1 saturated carbocycles. The molecule has 0 aromatic heterocycles. The van der Waals surface area contributed by atoms with E-state index in [1.807, 2.05) is 0 Å². The third-order valence-electron chi connectivity index (χ3n) is 2.84. The highest BCUT2D eigenvalue weighted by Gasteiger charge is 2.34. The van der Waals surface area contributed by atoms with Gasteiger partial charge in [-0.2, -0.15) is 0 Å². The molecule has 2 unspecified atom stereocenters. The summed E-state index contributed by atoms with van der Waals surface area (Å²) in [7, 11) is 1.62. The van der Waals surface area contributed by atoms with Gasteiger partial charge >= 0.3 is 12.0 Å². The standard InChI is InChI=1S/C11H18N2O5/c1-7-3-8(7)4-13(2)11(17)12-9(14)5-18-6-10(15)16/h7-8H,3-6H2,1-2H3,(H,15,16)(H,12,14,17). The molecule has 0 aromatic rings. The maximum atomic E-state index is 11.5. The summed E-state index contributed by atoms with van der Waals surface area (Å²) < 4.78 is 4.57. The van der Waals surface area contributed by atoms with Crippen molar-refractivity contribution >= 4 is 17.9 Å². The van der Waals surface area contributed by atoms with Gasteiger partial charge in [0, 0.05) is 13.6 Å². The molecule has 1 rings (SSSR count). The Morgan fingerprint density at radius 2 is 2.00 bits per heavy atom. The summed E-state index contributed by atoms with van der Waals surface area (Å²) in [5, 5.41) is 10.4. The van der Waals surface area contributed by atoms with Gasteiger partial charge in [-0.05, 0) is 18.3 Å². The molecule has 1 aliphatic rings. The Morgan fingerprint density at radius 1 is 1.39 bits per heavy atom. The van der Waals surface area contributed by atoms with Gasteiger partial charge in [-0.3, -0.25) is 10.1 Å². The second-order valence-corrected chi connectivity index (χ2v) is 4.59. The fourth-order valence-corrected chi connectivity index (χ4v) is 1.57. The van der Waals surface area contributed by atoms with Crippen LogP contribution in [0.5, 0.6) is 0 Å². The number of ether oxygens (including phenoxy) is 1. The van der Waals surface area contributed by atoms with Crippen LogP contribution in [0.4, 0.5) is 4.79 Å². The molecule has 0 heterocycles. The largest absolute Gasteiger partial charge is 0.480 e. The second-order valence-electron chi connectivity index (χ2n) is 4.59. The molecule has 1 fully saturated rings. The number of carbonyl (C=O) groups is 3. The number of hydrogen-bond acceptors (Lipinski definition) is 4. The highest BCUT2D eigenvalue weighted by atomic mass is 16.5. The molecule has 18 heavy (non-hydrogen) atoms. The molecule has 3 amide bonds. The number of carboxylic acids is 1. The summed E-state index contributed by atoms with van der Waals surface area (Å²) in [6.45, 7) is 1.74. The van der Waals surface area contributed by atoms with Crippen molar-refractivity contribution in [1.29, 1.82) is 0 Å². The first-order chi connectivity index (χ1) is 8.40. The van der Waals surface area contributed by atoms with E-state index in [1.54, 1.807) is 7.05 Å². The first kappa shape index (κ1) is 14.4. The molecule has 2 N–H and O–H groups in total. The van der Waals surface area contributed by atoms with E-state index < -0.39 is 31.1 Å². The fourth-order valence-electron chi connectivity index (χ4n) is 1.57. The Morgan fingerprint density at radius 3 is 2.50 bits per heavy atom. The summed E-state index contributed by atoms with van der Waals surface area (Å²) in [5.41, 5.74) is 0. The fraction of sp³-hybridized carbons (Fsp3) is 0.727. The Labute approximate surface area is 105 Å². The van der Waals surface area contributed by atoms with Crippen molar-refractivity contribution in [1.82, 2.24) is 10.2 Å². The Hall–Kier alpha value is -1.63. The lowest BCUT2D eigenvalue weighted by Gasteiger charge is -2.17. The summed E-state index contributed by atoms with van der Waals surface area (Å²) in [5.74, 6) is -0.653. The minimum atomic E-state index is -1.16. The summed E-state index contributed by atoms with van der Waals surface area (Å²) in [6.07, 6.45) is 1.10. The van der Waals surface area contributed by atoms with E-state index >= 15 is 0 Å². The van der Waals surface area contributed by atoms with Crippen molar-refractivity contribution in [3.05, 3.63) is 0 Å². The SMILES string of the molecule is CC1CC1CN(C)C(=O)NC(=O)COCC(=O)O. The van der Waals surface area contributed by atoms with Gasteiger partial charge in [-0.25, -0.2) is 9.59 Å². The number of carboxylic acid groups (broad SMARTS) is 1. The molecule has 7 heteroatoms. The number of rotatable bonds is 6. The number of carbonyl (C=O) groups excluding carboxylic acids is 2. The lowest BCUT2D eigenvalue weighted by atomic mass is 10.3. The van der Waals surface area contributed by atoms with Crippen molar-refractivity contribution in [3.63, 3.8) is 0 Å². The first-order valence-corrected chi connectivity index (χ1v) is 5.74. The predicted molar refractivity (Wildman–Crippen MR) is 61.9 cm³/mol. The van der Waals surface area contributed by atoms with Crippen LogP contribution in [0.2, 0.25) is 0 Å². The molecule has 7 nitrogen and oxygen atoms in total. The van der Waals surface area contributed by atoms with E-state index in [9.17, 15) is 14.4 Å². The van der Waals surface area contributed by atoms with Crippen molar-refractivity contribution in [2.24, 2.45) is 11.8 Å². The second kappa shape index (κ2) is 6.34. The minimum Gasteiger partial charge on any atom is -0.480 e. The smallest absolute Gasteiger partial charge is 0.329 e. The van der Waals surface area contributed by atoms with E-state index in [4.69, 9.17) is 5.11 Å². The number of aliphatic carboxylic acids is 1. The number of nitrogens with zero attached hydrogens (tertiary/aromatic N) is 1. The van der Waals surface area contributed by atoms with Crippen LogP contribution >= 0.6 is 0 Å². The molecular formula is C11H18N2O5. The summed E-state index contributed by atoms with van der Waals surface area (Å²) >= 11 is 0. The average Bonchev–Trinajstić information content (AvgIpc) is 2.93. The Balaban J connectivity index is 2.17. The van der Waals surface area contributed by atoms with E-state index in [2.05, 4.69) is 17.0 Å². The third kappa shape index (κ3) is 5.13. The molecule has 0 spiro atoms. The summed E-state index contributed by atoms with van der Waals surface area (Å²) in [6, 6.07) is -0.488. The van der Waals surface area contributed by atoms with Crippen molar-refractivity contribution in [2.75, 3.05) is 26.8 Å². The molecular weight excluding hydrogens is 240 g/mol. The van der Waals surface area contributed by atoms with Crippen LogP contribution < -0.4 is 5.32 Å². The van der Waals surface area contributed by atoms with Crippen molar-refractivity contribution in [3.8, 4) is 0 Å². The Kier molecular flexibility index (Phi) is 5.08. The van der Waals surface area contributed by atoms with Gasteiger partial charge in [0.15, 0.2) is 0 Å². The van der Waals surface area contributed by atoms with Gasteiger partial charge in [-0.15, -0.1) is 0 Å². The lowest BCUT2D eigenvalue weighted by Crippen LogP contribution is -2.43. The monoisotopic (exact) mass is 258 g/mol. The first-order valence-electron chi connectivity index (χ1n) is 5.74. The van der Waals surface area contributed by atoms with E-state index in [-0.39, 0.29) is 0 Å². The molecule has 0 radical (unpaired) electrons. The van der Waals surface area contributed by atoms with Crippen LogP contribution in [0.1, 0.15) is 13.3 Å². The molecule has 102 valence electrons. The van der Waals surface area contributed by atoms with Gasteiger partial charge in [0.1, 0.15) is 13.2 Å². The number of hydrogen-bond donors (Lipinski definition) is 2. The van der Waals surface area contributed by atoms with Gasteiger partial charge in [0.25, 0.3) is 5.91 Å². The van der Waals surface area contributed by atoms with Crippen LogP contribution in [0.3, 0.4) is 0 Å². The zero-order valence-electron chi connectivity index (χ0n) is 10.5. The van der Waals surface area contributed by atoms with Crippen LogP contribution in [-0.2, 0) is 14.3 Å². The molecule has 2 atom stereocenters. The molecule has 0 bridgehead atoms. The van der Waals surface area contributed by atoms with Gasteiger partial charge in [0.2, 0.25) is 0 Å². The minimum absolute atomic E-state index is 0.439. The number of imide groups is 1. The van der Waals surface area contributed by atoms with Crippen LogP contribution in [0.15, 0.2) is 0 Å². The van der Waals surface area contributed by atoms with Crippen LogP contribution in [-0.4, -0.2) is 54.7 Å². The summed E-state index contributed by atoms with van der Waals surface area (Å²) in [4.78, 5) is 34.4. The number of nitrogens with one attached hydrogen (secondary N) is 1. The predicted octanol–water partition coefficient (Wildman–Crippen LogP) is -0.0884. The lowest BCUT2D eigenvalue weighted by molar-refractivity contribution is -0.143. The third-order valence-corrected chi connectivity index (χ3v) is 2.84. The highest BCUT2D eigenvalue weighted by molar-refractivity contribution is 5.94. The van der Waals surface area contributed by atoms with Crippen LogP contribution in [0.25, 0.3) is 0 Å². The van der Waals surface area contributed by atoms with E-state index in [1.165, 1.54) is 4.90 Å². The molecule has 0 aliphatic heterocycles. The zero-order valence-corrected chi connectivity index (χ0v) is 10.5. The van der Waals surface area contributed by atoms with E-state index in [0.717, 1.165) is 6.42 Å². The average molecular weight is 258 g/mol. The maximum absolute atomic E-state index is 11.5. The van der Waals surface area contributed by atoms with Gasteiger partial charge < -0.3 is 14.7 Å². The zero-order chi connectivity index (χ0) is 13.7. The van der Waals surface area contributed by atoms with Gasteiger partial charge in [-0.1, -0.05) is 6.92 Å². The van der Waals surface area contributed by atoms with E-state index in [0.29, 0.717) is 18.4 Å². The molecule has 1 aliphatic carbocycles. The quantitative estimate of drug-likeness (QED) is 0.694. The topological polar surface area (TPSA) is 95.9 Å². The number of urea groups is 1. The van der Waals surface area contributed by atoms with Crippen molar-refractivity contribution < 1.29 is 24.2 Å². The Bertz CT molecular complexity index is 344. The maximum Gasteiger partial charge on any atom is 0.329 e. The van der Waals surface area contributed by atoms with Crippen molar-refractivity contribution in [2.45, 2.75) is 13.3 Å². The molecule has 0 aromatic carbocycles. The highest BCUT2D eigenvalue weighted by Crippen LogP contribution is 2.37. The number of amides is 3. The van der Waals surface area contributed by atoms with Gasteiger partial charge in [0.05, 0.1) is 0 Å². The van der Waals surface area contributed by atoms with Crippen LogP contribution in [0, 0.1) is 11.8 Å². The molecule has 0 saturated heterocycles.